The molecule has 1 aromatic carbocycles. The van der Waals surface area contributed by atoms with Gasteiger partial charge in [-0.05, 0) is 12.1 Å². The molecule has 3 heterocycles. The van der Waals surface area contributed by atoms with Crippen LogP contribution >= 0.6 is 11.8 Å². The first-order valence-electron chi connectivity index (χ1n) is 8.45. The molecule has 0 saturated heterocycles. The number of fused-ring (bicyclic) bond motifs is 1. The second kappa shape index (κ2) is 8.05. The van der Waals surface area contributed by atoms with Crippen molar-refractivity contribution in [1.82, 2.24) is 24.8 Å². The van der Waals surface area contributed by atoms with E-state index in [1.165, 1.54) is 11.8 Å². The number of benzene rings is 1. The molecule has 0 aliphatic heterocycles. The molecular weight excluding hydrogens is 362 g/mol. The number of thioether (sulfide) groups is 1. The predicted molar refractivity (Wildman–Crippen MR) is 102 cm³/mol. The number of nitrogens with one attached hydrogen (secondary N) is 1. The lowest BCUT2D eigenvalue weighted by molar-refractivity contribution is 0.0926. The largest absolute Gasteiger partial charge is 0.451 e. The average Bonchev–Trinajstić information content (AvgIpc) is 3.35. The number of para-hydroxylation sites is 1. The van der Waals surface area contributed by atoms with E-state index in [0.717, 1.165) is 10.9 Å². The number of carbonyl (C=O) groups excluding carboxylic acids is 1. The zero-order valence-electron chi connectivity index (χ0n) is 14.4. The molecule has 0 radical (unpaired) electrons. The highest BCUT2D eigenvalue weighted by Crippen LogP contribution is 2.30. The van der Waals surface area contributed by atoms with Crippen molar-refractivity contribution >= 4 is 28.6 Å². The van der Waals surface area contributed by atoms with Gasteiger partial charge in [-0.2, -0.15) is 0 Å². The summed E-state index contributed by atoms with van der Waals surface area (Å²) in [6.45, 7) is 1.13. The second-order valence-electron chi connectivity index (χ2n) is 5.78. The van der Waals surface area contributed by atoms with Crippen LogP contribution in [0, 0.1) is 0 Å². The lowest BCUT2D eigenvalue weighted by Crippen LogP contribution is -2.27. The normalized spacial score (nSPS) is 11.0. The van der Waals surface area contributed by atoms with Crippen molar-refractivity contribution in [1.29, 1.82) is 0 Å². The van der Waals surface area contributed by atoms with Gasteiger partial charge in [0.05, 0.1) is 6.33 Å². The van der Waals surface area contributed by atoms with Gasteiger partial charge in [-0.1, -0.05) is 30.0 Å². The third-order valence-corrected chi connectivity index (χ3v) is 4.91. The molecule has 0 saturated carbocycles. The van der Waals surface area contributed by atoms with E-state index >= 15 is 0 Å². The summed E-state index contributed by atoms with van der Waals surface area (Å²) in [5.74, 6) is 0.659. The van der Waals surface area contributed by atoms with Crippen molar-refractivity contribution in [3.05, 3.63) is 72.8 Å². The van der Waals surface area contributed by atoms with Gasteiger partial charge in [-0.3, -0.25) is 4.79 Å². The minimum absolute atomic E-state index is 0.226. The second-order valence-corrected chi connectivity index (χ2v) is 6.72. The average molecular weight is 379 g/mol. The molecule has 0 bridgehead atoms. The van der Waals surface area contributed by atoms with E-state index in [9.17, 15) is 4.79 Å². The van der Waals surface area contributed by atoms with Gasteiger partial charge in [0.2, 0.25) is 0 Å². The number of aromatic nitrogens is 4. The highest BCUT2D eigenvalue weighted by molar-refractivity contribution is 7.98. The third-order valence-electron chi connectivity index (χ3n) is 4.01. The summed E-state index contributed by atoms with van der Waals surface area (Å²) < 4.78 is 7.76. The van der Waals surface area contributed by atoms with Crippen LogP contribution in [0.5, 0.6) is 0 Å². The quantitative estimate of drug-likeness (QED) is 0.392. The molecule has 27 heavy (non-hydrogen) atoms. The Morgan fingerprint density at radius 3 is 2.81 bits per heavy atom. The fraction of sp³-hybridized carbons (Fsp3) is 0.158. The maximum Gasteiger partial charge on any atom is 0.287 e. The zero-order chi connectivity index (χ0) is 18.5. The van der Waals surface area contributed by atoms with E-state index in [0.29, 0.717) is 35.3 Å². The highest BCUT2D eigenvalue weighted by Gasteiger charge is 2.20. The van der Waals surface area contributed by atoms with E-state index in [-0.39, 0.29) is 5.91 Å². The van der Waals surface area contributed by atoms with Gasteiger partial charge in [0, 0.05) is 54.6 Å². The molecule has 0 spiro atoms. The van der Waals surface area contributed by atoms with E-state index in [1.807, 2.05) is 35.0 Å². The Morgan fingerprint density at radius 1 is 1.15 bits per heavy atom. The molecule has 8 heteroatoms. The molecule has 0 fully saturated rings. The number of furan rings is 1. The van der Waals surface area contributed by atoms with Crippen LogP contribution in [0.4, 0.5) is 0 Å². The molecule has 1 amide bonds. The van der Waals surface area contributed by atoms with Crippen molar-refractivity contribution in [2.75, 3.05) is 6.54 Å². The minimum atomic E-state index is -0.226. The Balaban J connectivity index is 1.52. The molecule has 0 atom stereocenters. The lowest BCUT2D eigenvalue weighted by Gasteiger charge is -2.06. The molecule has 4 rings (SSSR count). The number of hydrogen-bond donors (Lipinski definition) is 1. The lowest BCUT2D eigenvalue weighted by atomic mass is 10.1. The third kappa shape index (κ3) is 4.01. The summed E-state index contributed by atoms with van der Waals surface area (Å²) in [6, 6.07) is 9.43. The molecule has 1 N–H and O–H groups in total. The smallest absolute Gasteiger partial charge is 0.287 e. The van der Waals surface area contributed by atoms with Crippen LogP contribution in [-0.2, 0) is 12.3 Å². The van der Waals surface area contributed by atoms with Crippen molar-refractivity contribution in [3.63, 3.8) is 0 Å². The Hall–Kier alpha value is -3.13. The molecule has 3 aromatic heterocycles. The fourth-order valence-corrected chi connectivity index (χ4v) is 3.55. The van der Waals surface area contributed by atoms with Crippen LogP contribution in [0.2, 0.25) is 0 Å². The first-order chi connectivity index (χ1) is 13.3. The van der Waals surface area contributed by atoms with Crippen molar-refractivity contribution in [3.8, 4) is 0 Å². The standard InChI is InChI=1S/C19H17N5O2S/c25-18(21-9-11-24-10-8-20-13-24)17-15(12-27-19-22-6-3-7-23-19)14-4-1-2-5-16(14)26-17/h1-8,10,13H,9,11-12H2,(H,21,25). The number of hydrogen-bond acceptors (Lipinski definition) is 6. The monoisotopic (exact) mass is 379 g/mol. The van der Waals surface area contributed by atoms with E-state index < -0.39 is 0 Å². The van der Waals surface area contributed by atoms with Gasteiger partial charge < -0.3 is 14.3 Å². The van der Waals surface area contributed by atoms with E-state index in [2.05, 4.69) is 20.3 Å². The summed E-state index contributed by atoms with van der Waals surface area (Å²) in [5.41, 5.74) is 1.55. The molecule has 0 aliphatic rings. The summed E-state index contributed by atoms with van der Waals surface area (Å²) in [7, 11) is 0. The number of imidazole rings is 1. The zero-order valence-corrected chi connectivity index (χ0v) is 15.2. The number of nitrogens with zero attached hydrogens (tertiary/aromatic N) is 4. The fourth-order valence-electron chi connectivity index (χ4n) is 2.72. The Morgan fingerprint density at radius 2 is 2.00 bits per heavy atom. The Labute approximate surface area is 159 Å². The predicted octanol–water partition coefficient (Wildman–Crippen LogP) is 3.14. The van der Waals surface area contributed by atoms with Crippen LogP contribution in [-0.4, -0.2) is 32.0 Å². The number of rotatable bonds is 7. The Bertz CT molecular complexity index is 1030. The molecule has 0 unspecified atom stereocenters. The first kappa shape index (κ1) is 17.3. The van der Waals surface area contributed by atoms with Crippen LogP contribution in [0.3, 0.4) is 0 Å². The summed E-state index contributed by atoms with van der Waals surface area (Å²) in [4.78, 5) is 25.1. The van der Waals surface area contributed by atoms with Gasteiger partial charge >= 0.3 is 0 Å². The first-order valence-corrected chi connectivity index (χ1v) is 9.44. The van der Waals surface area contributed by atoms with E-state index in [4.69, 9.17) is 4.42 Å². The van der Waals surface area contributed by atoms with Crippen LogP contribution in [0.25, 0.3) is 11.0 Å². The van der Waals surface area contributed by atoms with Crippen molar-refractivity contribution in [2.24, 2.45) is 0 Å². The van der Waals surface area contributed by atoms with Crippen LogP contribution in [0.15, 0.2) is 71.0 Å². The number of amides is 1. The number of carbonyl (C=O) groups is 1. The van der Waals surface area contributed by atoms with Crippen LogP contribution < -0.4 is 5.32 Å². The van der Waals surface area contributed by atoms with Gasteiger partial charge in [-0.15, -0.1) is 0 Å². The van der Waals surface area contributed by atoms with Gasteiger partial charge in [0.25, 0.3) is 5.91 Å². The Kier molecular flexibility index (Phi) is 5.15. The maximum atomic E-state index is 12.7. The topological polar surface area (TPSA) is 85.8 Å². The summed E-state index contributed by atoms with van der Waals surface area (Å²) in [5, 5.41) is 4.51. The van der Waals surface area contributed by atoms with Crippen molar-refractivity contribution in [2.45, 2.75) is 17.5 Å². The summed E-state index contributed by atoms with van der Waals surface area (Å²) in [6.07, 6.45) is 8.69. The van der Waals surface area contributed by atoms with E-state index in [1.54, 1.807) is 31.0 Å². The van der Waals surface area contributed by atoms with Crippen LogP contribution in [0.1, 0.15) is 16.1 Å². The SMILES string of the molecule is O=C(NCCn1ccnc1)c1oc2ccccc2c1CSc1ncccn1. The van der Waals surface area contributed by atoms with Gasteiger partial charge in [-0.25, -0.2) is 15.0 Å². The van der Waals surface area contributed by atoms with Gasteiger partial charge in [0.15, 0.2) is 10.9 Å². The molecule has 0 aliphatic carbocycles. The molecule has 136 valence electrons. The summed E-state index contributed by atoms with van der Waals surface area (Å²) >= 11 is 1.47. The maximum absolute atomic E-state index is 12.7. The molecule has 7 nitrogen and oxygen atoms in total. The highest BCUT2D eigenvalue weighted by atomic mass is 32.2. The molecular formula is C19H17N5O2S. The molecule has 4 aromatic rings. The van der Waals surface area contributed by atoms with Gasteiger partial charge in [0.1, 0.15) is 5.58 Å². The van der Waals surface area contributed by atoms with Crippen molar-refractivity contribution < 1.29 is 9.21 Å². The minimum Gasteiger partial charge on any atom is -0.451 e.